The molecule has 1 unspecified atom stereocenters. The van der Waals surface area contributed by atoms with Gasteiger partial charge in [-0.05, 0) is 30.0 Å². The number of methoxy groups -OCH3 is 2. The van der Waals surface area contributed by atoms with Gasteiger partial charge in [0.2, 0.25) is 0 Å². The molecule has 1 aliphatic heterocycles. The van der Waals surface area contributed by atoms with E-state index in [1.54, 1.807) is 14.2 Å². The molecule has 0 saturated carbocycles. The zero-order chi connectivity index (χ0) is 23.3. The first-order valence-electron chi connectivity index (χ1n) is 11.0. The van der Waals surface area contributed by atoms with Crippen LogP contribution in [0.4, 0.5) is 5.82 Å². The molecule has 7 heteroatoms. The summed E-state index contributed by atoms with van der Waals surface area (Å²) in [6.07, 6.45) is 1.12. The van der Waals surface area contributed by atoms with Gasteiger partial charge in [-0.3, -0.25) is 14.7 Å². The lowest BCUT2D eigenvalue weighted by Crippen LogP contribution is -2.35. The van der Waals surface area contributed by atoms with E-state index in [9.17, 15) is 9.59 Å². The smallest absolute Gasteiger partial charge is 0.277 e. The number of aromatic amines is 1. The fourth-order valence-corrected chi connectivity index (χ4v) is 5.10. The number of hydrogen-bond donors (Lipinski definition) is 2. The average molecular weight is 446 g/mol. The molecule has 0 saturated heterocycles. The van der Waals surface area contributed by atoms with Gasteiger partial charge in [-0.2, -0.15) is 0 Å². The molecule has 0 amide bonds. The molecular formula is C26H27N3O4. The number of ether oxygens (including phenoxy) is 2. The molecule has 2 heterocycles. The SMILES string of the molecule is COc1cccc(C2C3=C(CC(C)(C)CC3=O)Nc3[nH]n(-c4ccccc4)c(=O)c32)c1OC. The Morgan fingerprint density at radius 2 is 1.73 bits per heavy atom. The number of hydrogen-bond acceptors (Lipinski definition) is 5. The number of aromatic nitrogens is 2. The molecule has 0 bridgehead atoms. The van der Waals surface area contributed by atoms with Gasteiger partial charge in [0.05, 0.1) is 31.4 Å². The number of fused-ring (bicyclic) bond motifs is 1. The molecule has 7 nitrogen and oxygen atoms in total. The van der Waals surface area contributed by atoms with E-state index in [2.05, 4.69) is 24.3 Å². The quantitative estimate of drug-likeness (QED) is 0.622. The Bertz CT molecular complexity index is 1330. The van der Waals surface area contributed by atoms with Crippen molar-refractivity contribution in [3.05, 3.63) is 81.3 Å². The Morgan fingerprint density at radius 1 is 0.970 bits per heavy atom. The van der Waals surface area contributed by atoms with Crippen molar-refractivity contribution in [2.75, 3.05) is 19.5 Å². The minimum absolute atomic E-state index is 0.0427. The number of ketones is 1. The van der Waals surface area contributed by atoms with Gasteiger partial charge < -0.3 is 14.8 Å². The summed E-state index contributed by atoms with van der Waals surface area (Å²) in [6.45, 7) is 4.18. The summed E-state index contributed by atoms with van der Waals surface area (Å²) in [5, 5.41) is 6.63. The molecule has 1 aromatic heterocycles. The van der Waals surface area contributed by atoms with E-state index in [-0.39, 0.29) is 16.8 Å². The van der Waals surface area contributed by atoms with Crippen LogP contribution in [0.5, 0.6) is 11.5 Å². The van der Waals surface area contributed by atoms with Crippen molar-refractivity contribution in [2.24, 2.45) is 5.41 Å². The van der Waals surface area contributed by atoms with Crippen LogP contribution in [0.25, 0.3) is 5.69 Å². The van der Waals surface area contributed by atoms with E-state index in [0.29, 0.717) is 41.3 Å². The lowest BCUT2D eigenvalue weighted by Gasteiger charge is -2.38. The first-order chi connectivity index (χ1) is 15.8. The van der Waals surface area contributed by atoms with Gasteiger partial charge >= 0.3 is 0 Å². The fraction of sp³-hybridized carbons (Fsp3) is 0.308. The third-order valence-electron chi connectivity index (χ3n) is 6.46. The summed E-state index contributed by atoms with van der Waals surface area (Å²) in [6, 6.07) is 15.0. The Labute approximate surface area is 192 Å². The van der Waals surface area contributed by atoms with Crippen LogP contribution in [0, 0.1) is 5.41 Å². The number of Topliss-reactive ketones (excluding diaryl/α,β-unsaturated/α-hetero) is 1. The number of nitrogens with zero attached hydrogens (tertiary/aromatic N) is 1. The molecule has 0 fully saturated rings. The van der Waals surface area contributed by atoms with Gasteiger partial charge in [-0.1, -0.05) is 44.2 Å². The topological polar surface area (TPSA) is 85.4 Å². The van der Waals surface area contributed by atoms with Crippen molar-refractivity contribution >= 4 is 11.6 Å². The normalized spacial score (nSPS) is 18.9. The second kappa shape index (κ2) is 7.69. The maximum absolute atomic E-state index is 13.7. The molecule has 3 aromatic rings. The molecule has 1 aliphatic carbocycles. The number of carbonyl (C=O) groups is 1. The molecule has 2 N–H and O–H groups in total. The van der Waals surface area contributed by atoms with E-state index in [1.807, 2.05) is 48.5 Å². The average Bonchev–Trinajstić information content (AvgIpc) is 3.12. The number of H-pyrrole nitrogens is 1. The number of carbonyl (C=O) groups excluding carboxylic acids is 1. The number of para-hydroxylation sites is 2. The number of anilines is 1. The minimum Gasteiger partial charge on any atom is -0.493 e. The van der Waals surface area contributed by atoms with Crippen molar-refractivity contribution in [2.45, 2.75) is 32.6 Å². The lowest BCUT2D eigenvalue weighted by atomic mass is 9.69. The van der Waals surface area contributed by atoms with Gasteiger partial charge in [0.1, 0.15) is 5.82 Å². The highest BCUT2D eigenvalue weighted by atomic mass is 16.5. The summed E-state index contributed by atoms with van der Waals surface area (Å²) in [5.41, 5.74) is 3.05. The standard InChI is InChI=1S/C26H27N3O4/c1-26(2)13-17-21(18(30)14-26)20(16-11-8-12-19(32-3)23(16)33-4)22-24(27-17)28-29(25(22)31)15-9-6-5-7-10-15/h5-12,20,27-28H,13-14H2,1-4H3. The lowest BCUT2D eigenvalue weighted by molar-refractivity contribution is -0.118. The van der Waals surface area contributed by atoms with Crippen molar-refractivity contribution in [3.8, 4) is 17.2 Å². The minimum atomic E-state index is -0.571. The van der Waals surface area contributed by atoms with Crippen LogP contribution in [0.1, 0.15) is 43.7 Å². The highest BCUT2D eigenvalue weighted by Crippen LogP contribution is 2.50. The molecule has 2 aliphatic rings. The summed E-state index contributed by atoms with van der Waals surface area (Å²) in [7, 11) is 3.15. The van der Waals surface area contributed by atoms with Gasteiger partial charge in [0.15, 0.2) is 17.3 Å². The van der Waals surface area contributed by atoms with Crippen LogP contribution in [0.2, 0.25) is 0 Å². The summed E-state index contributed by atoms with van der Waals surface area (Å²) >= 11 is 0. The number of rotatable bonds is 4. The molecule has 0 radical (unpaired) electrons. The van der Waals surface area contributed by atoms with E-state index < -0.39 is 5.92 Å². The Morgan fingerprint density at radius 3 is 2.42 bits per heavy atom. The summed E-state index contributed by atoms with van der Waals surface area (Å²) in [5.74, 6) is 1.15. The maximum Gasteiger partial charge on any atom is 0.277 e. The van der Waals surface area contributed by atoms with Gasteiger partial charge in [-0.15, -0.1) is 0 Å². The Kier molecular flexibility index (Phi) is 4.92. The van der Waals surface area contributed by atoms with Gasteiger partial charge in [0, 0.05) is 23.3 Å². The molecule has 170 valence electrons. The van der Waals surface area contributed by atoms with Crippen LogP contribution in [-0.4, -0.2) is 29.8 Å². The molecule has 5 rings (SSSR count). The Balaban J connectivity index is 1.80. The number of nitrogens with one attached hydrogen (secondary N) is 2. The van der Waals surface area contributed by atoms with Crippen LogP contribution in [-0.2, 0) is 4.79 Å². The Hall–Kier alpha value is -3.74. The first-order valence-corrected chi connectivity index (χ1v) is 11.0. The second-order valence-corrected chi connectivity index (χ2v) is 9.35. The maximum atomic E-state index is 13.7. The van der Waals surface area contributed by atoms with Crippen LogP contribution in [0.15, 0.2) is 64.6 Å². The fourth-order valence-electron chi connectivity index (χ4n) is 5.10. The highest BCUT2D eigenvalue weighted by molar-refractivity contribution is 6.01. The second-order valence-electron chi connectivity index (χ2n) is 9.35. The third kappa shape index (κ3) is 3.35. The molecule has 33 heavy (non-hydrogen) atoms. The largest absolute Gasteiger partial charge is 0.493 e. The molecule has 0 spiro atoms. The van der Waals surface area contributed by atoms with Crippen molar-refractivity contribution < 1.29 is 14.3 Å². The van der Waals surface area contributed by atoms with Crippen LogP contribution < -0.4 is 20.3 Å². The van der Waals surface area contributed by atoms with Gasteiger partial charge in [0.25, 0.3) is 5.56 Å². The van der Waals surface area contributed by atoms with Crippen LogP contribution >= 0.6 is 0 Å². The van der Waals surface area contributed by atoms with E-state index in [0.717, 1.165) is 16.9 Å². The highest BCUT2D eigenvalue weighted by Gasteiger charge is 2.44. The van der Waals surface area contributed by atoms with Gasteiger partial charge in [-0.25, -0.2) is 4.68 Å². The predicted octanol–water partition coefficient (Wildman–Crippen LogP) is 4.38. The number of benzene rings is 2. The van der Waals surface area contributed by atoms with Crippen molar-refractivity contribution in [3.63, 3.8) is 0 Å². The molecular weight excluding hydrogens is 418 g/mol. The van der Waals surface area contributed by atoms with Crippen molar-refractivity contribution in [1.29, 1.82) is 0 Å². The van der Waals surface area contributed by atoms with Crippen LogP contribution in [0.3, 0.4) is 0 Å². The third-order valence-corrected chi connectivity index (χ3v) is 6.46. The molecule has 1 atom stereocenters. The monoisotopic (exact) mass is 445 g/mol. The van der Waals surface area contributed by atoms with Crippen molar-refractivity contribution in [1.82, 2.24) is 9.78 Å². The molecule has 2 aromatic carbocycles. The summed E-state index contributed by atoms with van der Waals surface area (Å²) in [4.78, 5) is 27.2. The zero-order valence-electron chi connectivity index (χ0n) is 19.2. The first kappa shape index (κ1) is 21.1. The van der Waals surface area contributed by atoms with E-state index in [1.165, 1.54) is 4.68 Å². The summed E-state index contributed by atoms with van der Waals surface area (Å²) < 4.78 is 12.8. The number of allylic oxidation sites excluding steroid dienone is 2. The van der Waals surface area contributed by atoms with E-state index >= 15 is 0 Å². The zero-order valence-corrected chi connectivity index (χ0v) is 19.2. The predicted molar refractivity (Wildman–Crippen MR) is 126 cm³/mol. The van der Waals surface area contributed by atoms with E-state index in [4.69, 9.17) is 9.47 Å².